The molecule has 2 aromatic rings. The SMILES string of the molecule is CCc1c(C)ncnc1Nc1ccc(F)cc1. The van der Waals surface area contributed by atoms with Crippen molar-refractivity contribution in [2.75, 3.05) is 5.32 Å². The Kier molecular flexibility index (Phi) is 3.32. The molecule has 88 valence electrons. The second-order valence-corrected chi connectivity index (χ2v) is 3.77. The van der Waals surface area contributed by atoms with Crippen LogP contribution in [-0.4, -0.2) is 9.97 Å². The van der Waals surface area contributed by atoms with Gasteiger partial charge in [0.2, 0.25) is 0 Å². The van der Waals surface area contributed by atoms with E-state index in [1.54, 1.807) is 12.1 Å². The zero-order valence-electron chi connectivity index (χ0n) is 9.87. The Labute approximate surface area is 99.7 Å². The number of nitrogens with one attached hydrogen (secondary N) is 1. The molecule has 3 nitrogen and oxygen atoms in total. The standard InChI is InChI=1S/C13H14FN3/c1-3-12-9(2)15-8-16-13(12)17-11-6-4-10(14)5-7-11/h4-8H,3H2,1-2H3,(H,15,16,17). The van der Waals surface area contributed by atoms with Crippen LogP contribution in [0.1, 0.15) is 18.2 Å². The summed E-state index contributed by atoms with van der Waals surface area (Å²) in [6.45, 7) is 4.01. The van der Waals surface area contributed by atoms with E-state index < -0.39 is 0 Å². The van der Waals surface area contributed by atoms with Crippen LogP contribution < -0.4 is 5.32 Å². The number of hydrogen-bond donors (Lipinski definition) is 1. The predicted octanol–water partition coefficient (Wildman–Crippen LogP) is 3.23. The Morgan fingerprint density at radius 3 is 2.53 bits per heavy atom. The van der Waals surface area contributed by atoms with Crippen LogP contribution in [0, 0.1) is 12.7 Å². The monoisotopic (exact) mass is 231 g/mol. The number of benzene rings is 1. The Balaban J connectivity index is 2.29. The van der Waals surface area contributed by atoms with Gasteiger partial charge in [0.1, 0.15) is 18.0 Å². The highest BCUT2D eigenvalue weighted by atomic mass is 19.1. The van der Waals surface area contributed by atoms with Crippen molar-refractivity contribution in [1.29, 1.82) is 0 Å². The van der Waals surface area contributed by atoms with E-state index in [2.05, 4.69) is 22.2 Å². The van der Waals surface area contributed by atoms with Crippen molar-refractivity contribution in [2.24, 2.45) is 0 Å². The number of nitrogens with zero attached hydrogens (tertiary/aromatic N) is 2. The number of hydrogen-bond acceptors (Lipinski definition) is 3. The summed E-state index contributed by atoms with van der Waals surface area (Å²) in [7, 11) is 0. The molecule has 1 N–H and O–H groups in total. The van der Waals surface area contributed by atoms with Crippen molar-refractivity contribution in [2.45, 2.75) is 20.3 Å². The van der Waals surface area contributed by atoms with Gasteiger partial charge in [0.25, 0.3) is 0 Å². The maximum Gasteiger partial charge on any atom is 0.137 e. The highest BCUT2D eigenvalue weighted by molar-refractivity contribution is 5.59. The first-order valence-corrected chi connectivity index (χ1v) is 5.53. The summed E-state index contributed by atoms with van der Waals surface area (Å²) in [5.41, 5.74) is 2.86. The summed E-state index contributed by atoms with van der Waals surface area (Å²) in [5, 5.41) is 3.17. The summed E-state index contributed by atoms with van der Waals surface area (Å²) < 4.78 is 12.8. The molecule has 1 heterocycles. The maximum atomic E-state index is 12.8. The number of aromatic nitrogens is 2. The van der Waals surface area contributed by atoms with Crippen LogP contribution >= 0.6 is 0 Å². The number of aryl methyl sites for hydroxylation is 1. The van der Waals surface area contributed by atoms with E-state index in [-0.39, 0.29) is 5.82 Å². The fourth-order valence-electron chi connectivity index (χ4n) is 1.70. The van der Waals surface area contributed by atoms with Crippen LogP contribution in [0.5, 0.6) is 0 Å². The van der Waals surface area contributed by atoms with Crippen molar-refractivity contribution in [3.05, 3.63) is 47.7 Å². The quantitative estimate of drug-likeness (QED) is 0.881. The Bertz CT molecular complexity index is 509. The van der Waals surface area contributed by atoms with Gasteiger partial charge in [-0.3, -0.25) is 0 Å². The zero-order chi connectivity index (χ0) is 12.3. The van der Waals surface area contributed by atoms with Gasteiger partial charge in [0.15, 0.2) is 0 Å². The minimum Gasteiger partial charge on any atom is -0.340 e. The van der Waals surface area contributed by atoms with E-state index in [0.29, 0.717) is 0 Å². The molecule has 0 atom stereocenters. The summed E-state index contributed by atoms with van der Waals surface area (Å²) >= 11 is 0. The molecule has 0 fully saturated rings. The smallest absolute Gasteiger partial charge is 0.137 e. The molecule has 4 heteroatoms. The van der Waals surface area contributed by atoms with E-state index in [4.69, 9.17) is 0 Å². The Hall–Kier alpha value is -1.97. The fourth-order valence-corrected chi connectivity index (χ4v) is 1.70. The minimum absolute atomic E-state index is 0.245. The molecule has 17 heavy (non-hydrogen) atoms. The summed E-state index contributed by atoms with van der Waals surface area (Å²) in [4.78, 5) is 8.37. The van der Waals surface area contributed by atoms with Gasteiger partial charge in [0, 0.05) is 16.9 Å². The molecule has 0 saturated carbocycles. The molecular weight excluding hydrogens is 217 g/mol. The molecule has 0 aliphatic rings. The van der Waals surface area contributed by atoms with Crippen LogP contribution in [0.25, 0.3) is 0 Å². The van der Waals surface area contributed by atoms with Gasteiger partial charge in [0.05, 0.1) is 0 Å². The van der Waals surface area contributed by atoms with Crippen LogP contribution in [0.3, 0.4) is 0 Å². The van der Waals surface area contributed by atoms with E-state index in [0.717, 1.165) is 29.2 Å². The maximum absolute atomic E-state index is 12.8. The van der Waals surface area contributed by atoms with Crippen molar-refractivity contribution in [3.63, 3.8) is 0 Å². The Morgan fingerprint density at radius 1 is 1.18 bits per heavy atom. The third kappa shape index (κ3) is 2.58. The first-order valence-electron chi connectivity index (χ1n) is 5.53. The lowest BCUT2D eigenvalue weighted by Crippen LogP contribution is -2.02. The molecular formula is C13H14FN3. The molecule has 1 aromatic carbocycles. The Morgan fingerprint density at radius 2 is 1.88 bits per heavy atom. The van der Waals surface area contributed by atoms with Crippen molar-refractivity contribution < 1.29 is 4.39 Å². The molecule has 0 spiro atoms. The van der Waals surface area contributed by atoms with Crippen LogP contribution in [0.2, 0.25) is 0 Å². The van der Waals surface area contributed by atoms with Crippen molar-refractivity contribution >= 4 is 11.5 Å². The highest BCUT2D eigenvalue weighted by Gasteiger charge is 2.06. The van der Waals surface area contributed by atoms with Gasteiger partial charge >= 0.3 is 0 Å². The summed E-state index contributed by atoms with van der Waals surface area (Å²) in [5.74, 6) is 0.539. The number of anilines is 2. The largest absolute Gasteiger partial charge is 0.340 e. The molecule has 0 aliphatic heterocycles. The molecule has 0 unspecified atom stereocenters. The van der Waals surface area contributed by atoms with Gasteiger partial charge in [-0.15, -0.1) is 0 Å². The van der Waals surface area contributed by atoms with Gasteiger partial charge in [-0.25, -0.2) is 14.4 Å². The van der Waals surface area contributed by atoms with E-state index in [9.17, 15) is 4.39 Å². The van der Waals surface area contributed by atoms with Gasteiger partial charge in [-0.2, -0.15) is 0 Å². The van der Waals surface area contributed by atoms with Crippen molar-refractivity contribution in [3.8, 4) is 0 Å². The lowest BCUT2D eigenvalue weighted by atomic mass is 10.1. The lowest BCUT2D eigenvalue weighted by molar-refractivity contribution is 0.628. The second-order valence-electron chi connectivity index (χ2n) is 3.77. The first kappa shape index (κ1) is 11.5. The number of halogens is 1. The fraction of sp³-hybridized carbons (Fsp3) is 0.231. The normalized spacial score (nSPS) is 10.3. The highest BCUT2D eigenvalue weighted by Crippen LogP contribution is 2.20. The van der Waals surface area contributed by atoms with E-state index in [1.807, 2.05) is 6.92 Å². The summed E-state index contributed by atoms with van der Waals surface area (Å²) in [6, 6.07) is 6.21. The molecule has 0 bridgehead atoms. The molecule has 0 saturated heterocycles. The average molecular weight is 231 g/mol. The third-order valence-corrected chi connectivity index (χ3v) is 2.62. The number of rotatable bonds is 3. The van der Waals surface area contributed by atoms with Crippen LogP contribution in [0.4, 0.5) is 15.9 Å². The van der Waals surface area contributed by atoms with Crippen molar-refractivity contribution in [1.82, 2.24) is 9.97 Å². The zero-order valence-corrected chi connectivity index (χ0v) is 9.87. The predicted molar refractivity (Wildman–Crippen MR) is 65.8 cm³/mol. The second kappa shape index (κ2) is 4.91. The lowest BCUT2D eigenvalue weighted by Gasteiger charge is -2.11. The van der Waals surface area contributed by atoms with Crippen LogP contribution in [0.15, 0.2) is 30.6 Å². The third-order valence-electron chi connectivity index (χ3n) is 2.62. The molecule has 1 aromatic heterocycles. The van der Waals surface area contributed by atoms with Gasteiger partial charge in [-0.1, -0.05) is 6.92 Å². The van der Waals surface area contributed by atoms with E-state index in [1.165, 1.54) is 18.5 Å². The summed E-state index contributed by atoms with van der Waals surface area (Å²) in [6.07, 6.45) is 2.39. The minimum atomic E-state index is -0.245. The van der Waals surface area contributed by atoms with Gasteiger partial charge in [-0.05, 0) is 37.6 Å². The average Bonchev–Trinajstić information content (AvgIpc) is 2.32. The first-order chi connectivity index (χ1) is 8.20. The topological polar surface area (TPSA) is 37.8 Å². The van der Waals surface area contributed by atoms with Gasteiger partial charge < -0.3 is 5.32 Å². The molecule has 2 rings (SSSR count). The van der Waals surface area contributed by atoms with E-state index >= 15 is 0 Å². The molecule has 0 radical (unpaired) electrons. The molecule has 0 aliphatic carbocycles. The molecule has 0 amide bonds. The van der Waals surface area contributed by atoms with Crippen LogP contribution in [-0.2, 0) is 6.42 Å².